The summed E-state index contributed by atoms with van der Waals surface area (Å²) in [5.74, 6) is 1.46. The Balaban J connectivity index is 1.35. The van der Waals surface area contributed by atoms with E-state index in [0.29, 0.717) is 30.9 Å². The second kappa shape index (κ2) is 6.97. The molecule has 1 amide bonds. The predicted octanol–water partition coefficient (Wildman–Crippen LogP) is 2.27. The highest BCUT2D eigenvalue weighted by atomic mass is 16.5. The van der Waals surface area contributed by atoms with Crippen LogP contribution in [0, 0.1) is 0 Å². The fourth-order valence-corrected chi connectivity index (χ4v) is 3.52. The van der Waals surface area contributed by atoms with E-state index in [2.05, 4.69) is 15.1 Å². The Labute approximate surface area is 166 Å². The number of hydrogen-bond acceptors (Lipinski definition) is 6. The zero-order valence-electron chi connectivity index (χ0n) is 15.8. The first-order valence-electron chi connectivity index (χ1n) is 9.26. The number of fused-ring (bicyclic) bond motifs is 2. The first kappa shape index (κ1) is 17.3. The number of carbonyl (C=O) groups excluding carboxylic acids is 1. The third-order valence-corrected chi connectivity index (χ3v) is 5.04. The highest BCUT2D eigenvalue weighted by molar-refractivity contribution is 5.93. The molecule has 4 heterocycles. The van der Waals surface area contributed by atoms with Gasteiger partial charge in [0.2, 0.25) is 0 Å². The molecule has 0 aliphatic carbocycles. The monoisotopic (exact) mass is 386 g/mol. The van der Waals surface area contributed by atoms with Crippen LogP contribution in [0.3, 0.4) is 0 Å². The lowest BCUT2D eigenvalue weighted by atomic mass is 10.1. The van der Waals surface area contributed by atoms with E-state index >= 15 is 0 Å². The molecule has 1 aliphatic rings. The molecule has 0 unspecified atom stereocenters. The van der Waals surface area contributed by atoms with Crippen LogP contribution in [0.4, 0.5) is 0 Å². The van der Waals surface area contributed by atoms with Gasteiger partial charge in [-0.05, 0) is 29.8 Å². The molecule has 8 nitrogen and oxygen atoms in total. The van der Waals surface area contributed by atoms with Gasteiger partial charge in [-0.1, -0.05) is 18.2 Å². The molecule has 144 valence electrons. The van der Waals surface area contributed by atoms with Gasteiger partial charge in [0, 0.05) is 24.7 Å². The number of pyridine rings is 1. The zero-order chi connectivity index (χ0) is 19.8. The molecule has 4 aromatic rings. The lowest BCUT2D eigenvalue weighted by Gasteiger charge is -2.15. The number of rotatable bonds is 4. The molecule has 29 heavy (non-hydrogen) atoms. The summed E-state index contributed by atoms with van der Waals surface area (Å²) in [4.78, 5) is 28.1. The summed E-state index contributed by atoms with van der Waals surface area (Å²) in [6.45, 7) is 0.944. The van der Waals surface area contributed by atoms with Crippen LogP contribution in [0.15, 0.2) is 55.0 Å². The molecule has 0 saturated heterocycles. The van der Waals surface area contributed by atoms with Gasteiger partial charge in [-0.15, -0.1) is 0 Å². The lowest BCUT2D eigenvalue weighted by Crippen LogP contribution is -2.27. The molecule has 1 aromatic carbocycles. The van der Waals surface area contributed by atoms with Crippen molar-refractivity contribution in [1.82, 2.24) is 29.5 Å². The van der Waals surface area contributed by atoms with Crippen molar-refractivity contribution in [2.45, 2.75) is 19.5 Å². The van der Waals surface area contributed by atoms with E-state index in [-0.39, 0.29) is 5.91 Å². The molecule has 0 spiro atoms. The van der Waals surface area contributed by atoms with Gasteiger partial charge in [-0.25, -0.2) is 19.5 Å². The number of aromatic nitrogens is 5. The van der Waals surface area contributed by atoms with Crippen molar-refractivity contribution in [2.24, 2.45) is 0 Å². The summed E-state index contributed by atoms with van der Waals surface area (Å²) in [6, 6.07) is 13.2. The lowest BCUT2D eigenvalue weighted by molar-refractivity contribution is 0.0741. The predicted molar refractivity (Wildman–Crippen MR) is 104 cm³/mol. The summed E-state index contributed by atoms with van der Waals surface area (Å²) in [6.07, 6.45) is 3.90. The van der Waals surface area contributed by atoms with E-state index in [9.17, 15) is 4.79 Å². The van der Waals surface area contributed by atoms with Crippen LogP contribution >= 0.6 is 0 Å². The Hall–Kier alpha value is -3.81. The molecule has 5 rings (SSSR count). The third kappa shape index (κ3) is 3.18. The minimum atomic E-state index is -0.101. The van der Waals surface area contributed by atoms with Crippen molar-refractivity contribution >= 4 is 11.6 Å². The molecule has 0 atom stereocenters. The van der Waals surface area contributed by atoms with Gasteiger partial charge >= 0.3 is 0 Å². The SMILES string of the molecule is COc1ccc(Cc2ncc3c(n2)CN(C(=O)c2cccc4ncnn24)C3)cc1. The molecular formula is C21H18N6O2. The summed E-state index contributed by atoms with van der Waals surface area (Å²) in [5, 5.41) is 4.15. The molecule has 3 aromatic heterocycles. The Kier molecular flexibility index (Phi) is 4.16. The van der Waals surface area contributed by atoms with Gasteiger partial charge in [0.25, 0.3) is 5.91 Å². The van der Waals surface area contributed by atoms with Crippen LogP contribution in [-0.4, -0.2) is 42.5 Å². The van der Waals surface area contributed by atoms with Crippen LogP contribution in [0.1, 0.15) is 33.1 Å². The molecule has 1 aliphatic heterocycles. The highest BCUT2D eigenvalue weighted by Crippen LogP contribution is 2.23. The summed E-state index contributed by atoms with van der Waals surface area (Å²) in [5.41, 5.74) is 4.10. The quantitative estimate of drug-likeness (QED) is 0.535. The average molecular weight is 386 g/mol. The first-order valence-corrected chi connectivity index (χ1v) is 9.26. The van der Waals surface area contributed by atoms with E-state index in [1.54, 1.807) is 22.6 Å². The number of ether oxygens (including phenoxy) is 1. The minimum absolute atomic E-state index is 0.101. The van der Waals surface area contributed by atoms with E-state index in [1.807, 2.05) is 42.6 Å². The van der Waals surface area contributed by atoms with Gasteiger partial charge in [0.1, 0.15) is 23.6 Å². The maximum Gasteiger partial charge on any atom is 0.273 e. The van der Waals surface area contributed by atoms with Crippen molar-refractivity contribution in [3.63, 3.8) is 0 Å². The fraction of sp³-hybridized carbons (Fsp3) is 0.190. The Morgan fingerprint density at radius 3 is 2.79 bits per heavy atom. The maximum absolute atomic E-state index is 13.0. The topological polar surface area (TPSA) is 85.5 Å². The molecule has 0 N–H and O–H groups in total. The number of nitrogens with zero attached hydrogens (tertiary/aromatic N) is 6. The van der Waals surface area contributed by atoms with Gasteiger partial charge in [0.15, 0.2) is 5.65 Å². The van der Waals surface area contributed by atoms with Crippen molar-refractivity contribution in [1.29, 1.82) is 0 Å². The summed E-state index contributed by atoms with van der Waals surface area (Å²) < 4.78 is 6.76. The zero-order valence-corrected chi connectivity index (χ0v) is 15.8. The number of amides is 1. The highest BCUT2D eigenvalue weighted by Gasteiger charge is 2.27. The molecule has 0 fully saturated rings. The second-order valence-electron chi connectivity index (χ2n) is 6.89. The smallest absolute Gasteiger partial charge is 0.273 e. The van der Waals surface area contributed by atoms with Gasteiger partial charge < -0.3 is 9.64 Å². The van der Waals surface area contributed by atoms with E-state index in [4.69, 9.17) is 9.72 Å². The van der Waals surface area contributed by atoms with Crippen molar-refractivity contribution < 1.29 is 9.53 Å². The molecule has 0 radical (unpaired) electrons. The fourth-order valence-electron chi connectivity index (χ4n) is 3.52. The standard InChI is InChI=1S/C21H18N6O2/c1-29-16-7-5-14(6-8-16)9-19-22-10-15-11-26(12-17(15)25-19)21(28)18-3-2-4-20-23-13-24-27(18)20/h2-8,10,13H,9,11-12H2,1H3. The van der Waals surface area contributed by atoms with Crippen LogP contribution in [0.5, 0.6) is 5.75 Å². The summed E-state index contributed by atoms with van der Waals surface area (Å²) >= 11 is 0. The second-order valence-corrected chi connectivity index (χ2v) is 6.89. The van der Waals surface area contributed by atoms with E-state index in [0.717, 1.165) is 28.4 Å². The van der Waals surface area contributed by atoms with E-state index < -0.39 is 0 Å². The van der Waals surface area contributed by atoms with Crippen molar-refractivity contribution in [2.75, 3.05) is 7.11 Å². The van der Waals surface area contributed by atoms with Crippen LogP contribution < -0.4 is 4.74 Å². The van der Waals surface area contributed by atoms with Crippen molar-refractivity contribution in [3.05, 3.63) is 83.3 Å². The molecule has 0 saturated carbocycles. The number of methoxy groups -OCH3 is 1. The number of hydrogen-bond donors (Lipinski definition) is 0. The van der Waals surface area contributed by atoms with E-state index in [1.165, 1.54) is 6.33 Å². The number of carbonyl (C=O) groups is 1. The minimum Gasteiger partial charge on any atom is -0.497 e. The number of benzene rings is 1. The molecule has 8 heteroatoms. The maximum atomic E-state index is 13.0. The van der Waals surface area contributed by atoms with Crippen molar-refractivity contribution in [3.8, 4) is 5.75 Å². The Morgan fingerprint density at radius 1 is 1.10 bits per heavy atom. The van der Waals surface area contributed by atoms with Gasteiger partial charge in [-0.2, -0.15) is 5.10 Å². The normalized spacial score (nSPS) is 12.9. The molecule has 0 bridgehead atoms. The Bertz CT molecular complexity index is 1200. The van der Waals surface area contributed by atoms with Gasteiger partial charge in [0.05, 0.1) is 19.3 Å². The van der Waals surface area contributed by atoms with Crippen LogP contribution in [0.2, 0.25) is 0 Å². The average Bonchev–Trinajstić information content (AvgIpc) is 3.40. The Morgan fingerprint density at radius 2 is 1.97 bits per heavy atom. The van der Waals surface area contributed by atoms with Crippen LogP contribution in [0.25, 0.3) is 5.65 Å². The van der Waals surface area contributed by atoms with Crippen LogP contribution in [-0.2, 0) is 19.5 Å². The molecular weight excluding hydrogens is 368 g/mol. The third-order valence-electron chi connectivity index (χ3n) is 5.04. The summed E-state index contributed by atoms with van der Waals surface area (Å²) in [7, 11) is 1.65. The first-order chi connectivity index (χ1) is 14.2. The van der Waals surface area contributed by atoms with Gasteiger partial charge in [-0.3, -0.25) is 4.79 Å². The largest absolute Gasteiger partial charge is 0.497 e.